The summed E-state index contributed by atoms with van der Waals surface area (Å²) in [6.45, 7) is 1.81. The lowest BCUT2D eigenvalue weighted by atomic mass is 10.0. The van der Waals surface area contributed by atoms with Gasteiger partial charge < -0.3 is 27.0 Å². The number of rotatable bonds is 6. The largest absolute Gasteiger partial charge is 0.399 e. The van der Waals surface area contributed by atoms with E-state index in [1.54, 1.807) is 24.7 Å². The smallest absolute Gasteiger partial charge is 0.252 e. The van der Waals surface area contributed by atoms with E-state index in [1.807, 2.05) is 24.3 Å². The van der Waals surface area contributed by atoms with Crippen LogP contribution in [-0.4, -0.2) is 40.0 Å². The molecule has 4 rings (SSSR count). The van der Waals surface area contributed by atoms with E-state index < -0.39 is 5.91 Å². The third kappa shape index (κ3) is 4.57. The molecule has 0 saturated carbocycles. The highest BCUT2D eigenvalue weighted by Gasteiger charge is 2.21. The molecule has 1 saturated heterocycles. The molecule has 2 aromatic heterocycles. The Kier molecular flexibility index (Phi) is 5.60. The van der Waals surface area contributed by atoms with Gasteiger partial charge in [-0.3, -0.25) is 9.78 Å². The van der Waals surface area contributed by atoms with Crippen molar-refractivity contribution < 1.29 is 4.79 Å². The summed E-state index contributed by atoms with van der Waals surface area (Å²) in [4.78, 5) is 26.7. The molecule has 0 unspecified atom stereocenters. The van der Waals surface area contributed by atoms with Crippen LogP contribution < -0.4 is 27.0 Å². The van der Waals surface area contributed by atoms with Gasteiger partial charge in [-0.15, -0.1) is 0 Å². The number of aromatic nitrogens is 3. The SMILES string of the molecule is NC(=O)c1cnc(Nc2cnccn2)cc1NC1CCN(c2ccc(N)cc2)CC1. The Bertz CT molecular complexity index is 1000. The monoisotopic (exact) mass is 404 g/mol. The molecule has 0 radical (unpaired) electrons. The first-order valence-corrected chi connectivity index (χ1v) is 9.78. The van der Waals surface area contributed by atoms with Gasteiger partial charge in [-0.1, -0.05) is 0 Å². The minimum Gasteiger partial charge on any atom is -0.399 e. The zero-order chi connectivity index (χ0) is 20.9. The number of carbonyl (C=O) groups excluding carboxylic acids is 1. The number of nitrogen functional groups attached to an aromatic ring is 1. The summed E-state index contributed by atoms with van der Waals surface area (Å²) in [5.41, 5.74) is 14.3. The topological polar surface area (TPSA) is 135 Å². The van der Waals surface area contributed by atoms with Crippen molar-refractivity contribution in [2.24, 2.45) is 5.73 Å². The van der Waals surface area contributed by atoms with Crippen LogP contribution in [0.4, 0.5) is 28.7 Å². The maximum atomic E-state index is 11.9. The molecule has 1 aromatic carbocycles. The fraction of sp³-hybridized carbons (Fsp3) is 0.238. The summed E-state index contributed by atoms with van der Waals surface area (Å²) in [5, 5.41) is 6.56. The molecule has 6 N–H and O–H groups in total. The number of benzene rings is 1. The zero-order valence-electron chi connectivity index (χ0n) is 16.5. The van der Waals surface area contributed by atoms with Gasteiger partial charge in [-0.2, -0.15) is 0 Å². The first-order valence-electron chi connectivity index (χ1n) is 9.78. The van der Waals surface area contributed by atoms with Crippen LogP contribution in [0.3, 0.4) is 0 Å². The minimum atomic E-state index is -0.518. The Morgan fingerprint density at radius 2 is 1.80 bits per heavy atom. The van der Waals surface area contributed by atoms with Crippen LogP contribution in [-0.2, 0) is 0 Å². The van der Waals surface area contributed by atoms with Gasteiger partial charge in [0, 0.05) is 55.2 Å². The van der Waals surface area contributed by atoms with Gasteiger partial charge in [0.1, 0.15) is 11.6 Å². The van der Waals surface area contributed by atoms with Crippen LogP contribution >= 0.6 is 0 Å². The molecule has 3 aromatic rings. The third-order valence-corrected chi connectivity index (χ3v) is 5.10. The van der Waals surface area contributed by atoms with E-state index in [1.165, 1.54) is 11.9 Å². The van der Waals surface area contributed by atoms with Crippen molar-refractivity contribution in [3.8, 4) is 0 Å². The molecule has 1 aliphatic rings. The molecule has 30 heavy (non-hydrogen) atoms. The van der Waals surface area contributed by atoms with Crippen molar-refractivity contribution in [2.45, 2.75) is 18.9 Å². The fourth-order valence-electron chi connectivity index (χ4n) is 3.52. The zero-order valence-corrected chi connectivity index (χ0v) is 16.5. The van der Waals surface area contributed by atoms with E-state index in [4.69, 9.17) is 11.5 Å². The van der Waals surface area contributed by atoms with Crippen molar-refractivity contribution in [1.29, 1.82) is 0 Å². The number of piperidine rings is 1. The van der Waals surface area contributed by atoms with E-state index in [0.29, 0.717) is 22.9 Å². The molecule has 1 fully saturated rings. The average molecular weight is 404 g/mol. The highest BCUT2D eigenvalue weighted by Crippen LogP contribution is 2.26. The van der Waals surface area contributed by atoms with E-state index >= 15 is 0 Å². The van der Waals surface area contributed by atoms with Crippen molar-refractivity contribution >= 4 is 34.6 Å². The van der Waals surface area contributed by atoms with Gasteiger partial charge >= 0.3 is 0 Å². The van der Waals surface area contributed by atoms with Gasteiger partial charge in [-0.25, -0.2) is 9.97 Å². The van der Waals surface area contributed by atoms with Gasteiger partial charge in [-0.05, 0) is 37.1 Å². The number of pyridine rings is 1. The third-order valence-electron chi connectivity index (χ3n) is 5.10. The number of carbonyl (C=O) groups is 1. The lowest BCUT2D eigenvalue weighted by Gasteiger charge is -2.34. The second kappa shape index (κ2) is 8.64. The maximum absolute atomic E-state index is 11.9. The maximum Gasteiger partial charge on any atom is 0.252 e. The molecule has 9 nitrogen and oxygen atoms in total. The van der Waals surface area contributed by atoms with Crippen LogP contribution in [0, 0.1) is 0 Å². The Morgan fingerprint density at radius 3 is 2.47 bits per heavy atom. The predicted octanol–water partition coefficient (Wildman–Crippen LogP) is 2.38. The summed E-state index contributed by atoms with van der Waals surface area (Å²) >= 11 is 0. The second-order valence-corrected chi connectivity index (χ2v) is 7.19. The fourth-order valence-corrected chi connectivity index (χ4v) is 3.52. The van der Waals surface area contributed by atoms with Crippen molar-refractivity contribution in [1.82, 2.24) is 15.0 Å². The highest BCUT2D eigenvalue weighted by molar-refractivity contribution is 5.98. The number of nitrogens with two attached hydrogens (primary N) is 2. The molecule has 0 spiro atoms. The number of hydrogen-bond acceptors (Lipinski definition) is 8. The minimum absolute atomic E-state index is 0.222. The van der Waals surface area contributed by atoms with Gasteiger partial charge in [0.2, 0.25) is 0 Å². The first kappa shape index (κ1) is 19.4. The van der Waals surface area contributed by atoms with Crippen molar-refractivity contribution in [3.05, 3.63) is 60.7 Å². The molecular formula is C21H24N8O. The molecule has 0 bridgehead atoms. The van der Waals surface area contributed by atoms with Crippen LogP contribution in [0.15, 0.2) is 55.1 Å². The van der Waals surface area contributed by atoms with E-state index in [2.05, 4.69) is 30.5 Å². The van der Waals surface area contributed by atoms with Crippen LogP contribution in [0.25, 0.3) is 0 Å². The Hall–Kier alpha value is -3.88. The first-order chi connectivity index (χ1) is 14.6. The van der Waals surface area contributed by atoms with Crippen LogP contribution in [0.2, 0.25) is 0 Å². The number of nitrogens with one attached hydrogen (secondary N) is 2. The summed E-state index contributed by atoms with van der Waals surface area (Å²) in [7, 11) is 0. The Morgan fingerprint density at radius 1 is 1.03 bits per heavy atom. The standard InChI is InChI=1S/C21H24N8O/c22-14-1-3-16(4-2-14)29-9-5-15(6-10-29)27-18-11-19(26-12-17(18)21(23)30)28-20-13-24-7-8-25-20/h1-4,7-8,11-13,15H,5-6,9-10,22H2,(H2,23,30)(H2,25,26,27,28). The number of nitrogens with zero attached hydrogens (tertiary/aromatic N) is 4. The lowest BCUT2D eigenvalue weighted by molar-refractivity contribution is 0.100. The second-order valence-electron chi connectivity index (χ2n) is 7.19. The van der Waals surface area contributed by atoms with E-state index in [9.17, 15) is 4.79 Å². The number of anilines is 5. The molecular weight excluding hydrogens is 380 g/mol. The predicted molar refractivity (Wildman–Crippen MR) is 118 cm³/mol. The normalized spacial score (nSPS) is 14.3. The summed E-state index contributed by atoms with van der Waals surface area (Å²) in [5.74, 6) is 0.609. The number of hydrogen-bond donors (Lipinski definition) is 4. The number of amides is 1. The molecule has 3 heterocycles. The number of primary amides is 1. The van der Waals surface area contributed by atoms with Gasteiger partial charge in [0.15, 0.2) is 0 Å². The van der Waals surface area contributed by atoms with Gasteiger partial charge in [0.05, 0.1) is 17.4 Å². The summed E-state index contributed by atoms with van der Waals surface area (Å²) in [6.07, 6.45) is 8.12. The highest BCUT2D eigenvalue weighted by atomic mass is 16.1. The van der Waals surface area contributed by atoms with E-state index in [0.717, 1.165) is 31.6 Å². The quantitative estimate of drug-likeness (QED) is 0.460. The molecule has 154 valence electrons. The average Bonchev–Trinajstić information content (AvgIpc) is 2.76. The molecule has 1 aliphatic heterocycles. The Labute approximate surface area is 174 Å². The summed E-state index contributed by atoms with van der Waals surface area (Å²) in [6, 6.07) is 9.92. The van der Waals surface area contributed by atoms with Crippen molar-refractivity contribution in [3.63, 3.8) is 0 Å². The van der Waals surface area contributed by atoms with E-state index in [-0.39, 0.29) is 6.04 Å². The molecule has 1 amide bonds. The lowest BCUT2D eigenvalue weighted by Crippen LogP contribution is -2.39. The van der Waals surface area contributed by atoms with Crippen LogP contribution in [0.1, 0.15) is 23.2 Å². The van der Waals surface area contributed by atoms with Crippen molar-refractivity contribution in [2.75, 3.05) is 34.4 Å². The van der Waals surface area contributed by atoms with Gasteiger partial charge in [0.25, 0.3) is 5.91 Å². The molecule has 0 atom stereocenters. The molecule has 0 aliphatic carbocycles. The summed E-state index contributed by atoms with van der Waals surface area (Å²) < 4.78 is 0. The van der Waals surface area contributed by atoms with Crippen LogP contribution in [0.5, 0.6) is 0 Å². The Balaban J connectivity index is 1.44. The molecule has 9 heteroatoms.